The molecule has 1 saturated carbocycles. The zero-order chi connectivity index (χ0) is 15.5. The molecule has 0 heterocycles. The molecule has 114 valence electrons. The smallest absolute Gasteiger partial charge is 0.238 e. The van der Waals surface area contributed by atoms with E-state index in [9.17, 15) is 9.59 Å². The highest BCUT2D eigenvalue weighted by Crippen LogP contribution is 2.46. The quantitative estimate of drug-likeness (QED) is 0.617. The Kier molecular flexibility index (Phi) is 4.73. The van der Waals surface area contributed by atoms with Gasteiger partial charge in [-0.2, -0.15) is 0 Å². The van der Waals surface area contributed by atoms with Crippen LogP contribution in [0.25, 0.3) is 0 Å². The van der Waals surface area contributed by atoms with E-state index in [1.165, 1.54) is 0 Å². The van der Waals surface area contributed by atoms with Crippen molar-refractivity contribution in [2.45, 2.75) is 19.3 Å². The number of halogens is 1. The molecule has 0 radical (unpaired) electrons. The Morgan fingerprint density at radius 3 is 2.71 bits per heavy atom. The topological polar surface area (TPSA) is 72.6 Å². The first-order valence-corrected chi connectivity index (χ1v) is 7.27. The van der Waals surface area contributed by atoms with Crippen LogP contribution in [0, 0.1) is 5.41 Å². The number of benzene rings is 1. The molecule has 2 rings (SSSR count). The maximum absolute atomic E-state index is 12.1. The number of rotatable bonds is 7. The minimum Gasteiger partial charge on any atom is -0.493 e. The van der Waals surface area contributed by atoms with Crippen LogP contribution in [0.4, 0.5) is 0 Å². The Labute approximate surface area is 129 Å². The van der Waals surface area contributed by atoms with E-state index in [2.05, 4.69) is 0 Å². The highest BCUT2D eigenvalue weighted by atomic mass is 35.5. The molecule has 0 atom stereocenters. The van der Waals surface area contributed by atoms with Gasteiger partial charge in [0.05, 0.1) is 6.61 Å². The molecule has 0 aromatic heterocycles. The average Bonchev–Trinajstić information content (AvgIpc) is 3.24. The van der Waals surface area contributed by atoms with Gasteiger partial charge < -0.3 is 15.4 Å². The van der Waals surface area contributed by atoms with Gasteiger partial charge in [-0.3, -0.25) is 9.59 Å². The average molecular weight is 311 g/mol. The summed E-state index contributed by atoms with van der Waals surface area (Å²) >= 11 is 5.86. The van der Waals surface area contributed by atoms with Crippen molar-refractivity contribution in [2.24, 2.45) is 11.1 Å². The number of nitrogens with zero attached hydrogens (tertiary/aromatic N) is 1. The largest absolute Gasteiger partial charge is 0.493 e. The van der Waals surface area contributed by atoms with Crippen molar-refractivity contribution >= 4 is 23.4 Å². The van der Waals surface area contributed by atoms with Crippen LogP contribution in [-0.4, -0.2) is 36.9 Å². The number of carbonyl (C=O) groups excluding carboxylic acids is 2. The fraction of sp³-hybridized carbons (Fsp3) is 0.467. The fourth-order valence-corrected chi connectivity index (χ4v) is 2.39. The lowest BCUT2D eigenvalue weighted by molar-refractivity contribution is -0.142. The lowest BCUT2D eigenvalue weighted by Gasteiger charge is -2.21. The molecule has 1 aromatic carbocycles. The number of primary amides is 1. The van der Waals surface area contributed by atoms with Crippen LogP contribution in [0.2, 0.25) is 5.02 Å². The van der Waals surface area contributed by atoms with E-state index in [4.69, 9.17) is 22.1 Å². The van der Waals surface area contributed by atoms with Crippen molar-refractivity contribution in [3.05, 3.63) is 29.3 Å². The Balaban J connectivity index is 1.74. The van der Waals surface area contributed by atoms with Crippen LogP contribution in [0.5, 0.6) is 5.75 Å². The Bertz CT molecular complexity index is 543. The molecule has 1 fully saturated rings. The van der Waals surface area contributed by atoms with Crippen LogP contribution in [0.3, 0.4) is 0 Å². The molecule has 1 aliphatic carbocycles. The van der Waals surface area contributed by atoms with Gasteiger partial charge in [0, 0.05) is 18.6 Å². The molecule has 0 aliphatic heterocycles. The predicted molar refractivity (Wildman–Crippen MR) is 80.1 cm³/mol. The van der Waals surface area contributed by atoms with Gasteiger partial charge in [-0.1, -0.05) is 17.7 Å². The van der Waals surface area contributed by atoms with Crippen LogP contribution in [0.1, 0.15) is 19.3 Å². The van der Waals surface area contributed by atoms with E-state index >= 15 is 0 Å². The van der Waals surface area contributed by atoms with Gasteiger partial charge in [-0.15, -0.1) is 0 Å². The monoisotopic (exact) mass is 310 g/mol. The van der Waals surface area contributed by atoms with Gasteiger partial charge in [-0.25, -0.2) is 0 Å². The maximum Gasteiger partial charge on any atom is 0.238 e. The summed E-state index contributed by atoms with van der Waals surface area (Å²) in [5, 5.41) is 0.622. The minimum atomic E-state index is -0.942. The standard InChI is InChI=1S/C15H19ClN2O3/c1-18(14(20)15(6-7-15)13(17)19)8-3-9-21-12-5-2-4-11(16)10-12/h2,4-5,10H,3,6-9H2,1H3,(H2,17,19). The van der Waals surface area contributed by atoms with Crippen LogP contribution in [-0.2, 0) is 9.59 Å². The maximum atomic E-state index is 12.1. The lowest BCUT2D eigenvalue weighted by atomic mass is 10.1. The van der Waals surface area contributed by atoms with E-state index in [0.29, 0.717) is 43.2 Å². The summed E-state index contributed by atoms with van der Waals surface area (Å²) in [5.41, 5.74) is 4.35. The first kappa shape index (κ1) is 15.6. The highest BCUT2D eigenvalue weighted by molar-refractivity contribution is 6.30. The molecule has 0 bridgehead atoms. The van der Waals surface area contributed by atoms with E-state index < -0.39 is 11.3 Å². The Morgan fingerprint density at radius 2 is 2.14 bits per heavy atom. The van der Waals surface area contributed by atoms with E-state index in [0.717, 1.165) is 0 Å². The first-order valence-electron chi connectivity index (χ1n) is 6.89. The summed E-state index contributed by atoms with van der Waals surface area (Å²) in [6.45, 7) is 0.996. The number of nitrogens with two attached hydrogens (primary N) is 1. The molecule has 21 heavy (non-hydrogen) atoms. The SMILES string of the molecule is CN(CCCOc1cccc(Cl)c1)C(=O)C1(C(N)=O)CC1. The van der Waals surface area contributed by atoms with Gasteiger partial charge in [0.1, 0.15) is 11.2 Å². The molecule has 0 saturated heterocycles. The third-order valence-corrected chi connectivity index (χ3v) is 3.92. The Morgan fingerprint density at radius 1 is 1.43 bits per heavy atom. The molecule has 0 unspecified atom stereocenters. The molecule has 0 spiro atoms. The van der Waals surface area contributed by atoms with Crippen molar-refractivity contribution in [3.63, 3.8) is 0 Å². The predicted octanol–water partition coefficient (Wildman–Crippen LogP) is 1.83. The summed E-state index contributed by atoms with van der Waals surface area (Å²) in [7, 11) is 1.69. The minimum absolute atomic E-state index is 0.183. The van der Waals surface area contributed by atoms with E-state index in [1.54, 1.807) is 24.1 Å². The second kappa shape index (κ2) is 6.35. The Hall–Kier alpha value is -1.75. The van der Waals surface area contributed by atoms with Crippen molar-refractivity contribution in [1.82, 2.24) is 4.90 Å². The first-order chi connectivity index (χ1) is 9.95. The summed E-state index contributed by atoms with van der Waals surface area (Å²) < 4.78 is 5.55. The van der Waals surface area contributed by atoms with Gasteiger partial charge in [0.25, 0.3) is 0 Å². The zero-order valence-electron chi connectivity index (χ0n) is 12.0. The van der Waals surface area contributed by atoms with Crippen LogP contribution >= 0.6 is 11.6 Å². The highest BCUT2D eigenvalue weighted by Gasteiger charge is 2.56. The lowest BCUT2D eigenvalue weighted by Crippen LogP contribution is -2.42. The number of amides is 2. The van der Waals surface area contributed by atoms with Crippen LogP contribution in [0.15, 0.2) is 24.3 Å². The molecule has 2 amide bonds. The van der Waals surface area contributed by atoms with Crippen molar-refractivity contribution in [2.75, 3.05) is 20.2 Å². The number of hydrogen-bond donors (Lipinski definition) is 1. The van der Waals surface area contributed by atoms with E-state index in [1.807, 2.05) is 12.1 Å². The van der Waals surface area contributed by atoms with Gasteiger partial charge >= 0.3 is 0 Å². The third-order valence-electron chi connectivity index (χ3n) is 3.68. The van der Waals surface area contributed by atoms with Gasteiger partial charge in [-0.05, 0) is 37.5 Å². The molecule has 1 aliphatic rings. The molecule has 1 aromatic rings. The molecule has 5 nitrogen and oxygen atoms in total. The summed E-state index contributed by atoms with van der Waals surface area (Å²) in [5.74, 6) is -0.000406. The summed E-state index contributed by atoms with van der Waals surface area (Å²) in [6.07, 6.45) is 1.79. The van der Waals surface area contributed by atoms with Crippen molar-refractivity contribution in [3.8, 4) is 5.75 Å². The molecular weight excluding hydrogens is 292 g/mol. The second-order valence-electron chi connectivity index (χ2n) is 5.33. The third kappa shape index (κ3) is 3.67. The number of ether oxygens (including phenoxy) is 1. The zero-order valence-corrected chi connectivity index (χ0v) is 12.7. The summed E-state index contributed by atoms with van der Waals surface area (Å²) in [4.78, 5) is 25.0. The number of hydrogen-bond acceptors (Lipinski definition) is 3. The van der Waals surface area contributed by atoms with Crippen molar-refractivity contribution < 1.29 is 14.3 Å². The van der Waals surface area contributed by atoms with Crippen LogP contribution < -0.4 is 10.5 Å². The normalized spacial score (nSPS) is 15.3. The molecular formula is C15H19ClN2O3. The summed E-state index contributed by atoms with van der Waals surface area (Å²) in [6, 6.07) is 7.16. The van der Waals surface area contributed by atoms with E-state index in [-0.39, 0.29) is 5.91 Å². The molecule has 2 N–H and O–H groups in total. The second-order valence-corrected chi connectivity index (χ2v) is 5.77. The van der Waals surface area contributed by atoms with Crippen molar-refractivity contribution in [1.29, 1.82) is 0 Å². The number of carbonyl (C=O) groups is 2. The molecule has 6 heteroatoms. The van der Waals surface area contributed by atoms with Gasteiger partial charge in [0.15, 0.2) is 0 Å². The van der Waals surface area contributed by atoms with Gasteiger partial charge in [0.2, 0.25) is 11.8 Å². The fourth-order valence-electron chi connectivity index (χ4n) is 2.21.